The third kappa shape index (κ3) is 2.71. The Labute approximate surface area is 112 Å². The zero-order chi connectivity index (χ0) is 14.0. The van der Waals surface area contributed by atoms with Crippen LogP contribution in [0.25, 0.3) is 0 Å². The molecule has 0 saturated heterocycles. The van der Waals surface area contributed by atoms with Gasteiger partial charge >= 0.3 is 16.2 Å². The number of nitrogens with one attached hydrogen (secondary N) is 1. The first kappa shape index (κ1) is 13.8. The van der Waals surface area contributed by atoms with E-state index in [9.17, 15) is 13.2 Å². The summed E-state index contributed by atoms with van der Waals surface area (Å²) in [6, 6.07) is 4.54. The van der Waals surface area contributed by atoms with Gasteiger partial charge < -0.3 is 5.11 Å². The molecule has 0 aromatic heterocycles. The summed E-state index contributed by atoms with van der Waals surface area (Å²) in [5, 5.41) is 8.95. The number of hydrogen-bond donors (Lipinski definition) is 2. The van der Waals surface area contributed by atoms with Crippen LogP contribution in [0.2, 0.25) is 0 Å². The van der Waals surface area contributed by atoms with E-state index in [1.807, 2.05) is 0 Å². The number of benzene rings is 1. The van der Waals surface area contributed by atoms with Crippen molar-refractivity contribution in [1.82, 2.24) is 4.72 Å². The zero-order valence-corrected chi connectivity index (χ0v) is 11.4. The van der Waals surface area contributed by atoms with Crippen LogP contribution in [0.5, 0.6) is 0 Å². The third-order valence-electron chi connectivity index (χ3n) is 3.02. The summed E-state index contributed by atoms with van der Waals surface area (Å²) in [6.07, 6.45) is 1.37. The van der Waals surface area contributed by atoms with Crippen LogP contribution in [0, 0.1) is 0 Å². The molecule has 6 nitrogen and oxygen atoms in total. The minimum Gasteiger partial charge on any atom is -0.478 e. The molecule has 1 aromatic carbocycles. The average Bonchev–Trinajstić information content (AvgIpc) is 2.37. The van der Waals surface area contributed by atoms with E-state index in [4.69, 9.17) is 5.11 Å². The van der Waals surface area contributed by atoms with E-state index in [0.717, 1.165) is 5.56 Å². The van der Waals surface area contributed by atoms with E-state index in [2.05, 4.69) is 4.72 Å². The fourth-order valence-corrected chi connectivity index (χ4v) is 3.53. The van der Waals surface area contributed by atoms with Crippen LogP contribution in [0.15, 0.2) is 18.2 Å². The lowest BCUT2D eigenvalue weighted by Gasteiger charge is -2.30. The van der Waals surface area contributed by atoms with Crippen molar-refractivity contribution in [3.63, 3.8) is 0 Å². The maximum Gasteiger partial charge on any atom is 0.335 e. The smallest absolute Gasteiger partial charge is 0.335 e. The SMILES string of the molecule is CCNS(=O)(=O)N1CCCc2cc(C(=O)O)ccc21. The first-order valence-corrected chi connectivity index (χ1v) is 7.53. The molecule has 0 radical (unpaired) electrons. The van der Waals surface area contributed by atoms with Crippen LogP contribution >= 0.6 is 0 Å². The predicted molar refractivity (Wildman–Crippen MR) is 71.7 cm³/mol. The summed E-state index contributed by atoms with van der Waals surface area (Å²) in [6.45, 7) is 2.45. The van der Waals surface area contributed by atoms with Crippen LogP contribution in [-0.4, -0.2) is 32.6 Å². The highest BCUT2D eigenvalue weighted by Crippen LogP contribution is 2.29. The number of fused-ring (bicyclic) bond motifs is 1. The normalized spacial score (nSPS) is 15.1. The molecule has 104 valence electrons. The predicted octanol–water partition coefficient (Wildman–Crippen LogP) is 0.992. The number of carbonyl (C=O) groups is 1. The van der Waals surface area contributed by atoms with Gasteiger partial charge in [-0.25, -0.2) is 4.79 Å². The molecule has 0 saturated carbocycles. The highest BCUT2D eigenvalue weighted by Gasteiger charge is 2.27. The molecule has 1 heterocycles. The summed E-state index contributed by atoms with van der Waals surface area (Å²) in [7, 11) is -3.54. The van der Waals surface area contributed by atoms with Gasteiger partial charge in [-0.15, -0.1) is 0 Å². The molecular formula is C12H16N2O4S. The Morgan fingerprint density at radius 2 is 2.21 bits per heavy atom. The molecule has 0 atom stereocenters. The van der Waals surface area contributed by atoms with Crippen molar-refractivity contribution in [1.29, 1.82) is 0 Å². The highest BCUT2D eigenvalue weighted by molar-refractivity contribution is 7.90. The number of aryl methyl sites for hydroxylation is 1. The standard InChI is InChI=1S/C12H16N2O4S/c1-2-13-19(17,18)14-7-3-4-9-8-10(12(15)16)5-6-11(9)14/h5-6,8,13H,2-4,7H2,1H3,(H,15,16). The Kier molecular flexibility index (Phi) is 3.77. The van der Waals surface area contributed by atoms with Gasteiger partial charge in [-0.3, -0.25) is 4.31 Å². The molecule has 0 amide bonds. The van der Waals surface area contributed by atoms with Crippen LogP contribution < -0.4 is 9.03 Å². The molecule has 2 rings (SSSR count). The number of carboxylic acid groups (broad SMARTS) is 1. The number of hydrogen-bond acceptors (Lipinski definition) is 3. The second kappa shape index (κ2) is 5.18. The largest absolute Gasteiger partial charge is 0.478 e. The van der Waals surface area contributed by atoms with Gasteiger partial charge in [0.1, 0.15) is 0 Å². The molecule has 7 heteroatoms. The Morgan fingerprint density at radius 3 is 2.84 bits per heavy atom. The zero-order valence-electron chi connectivity index (χ0n) is 10.6. The lowest BCUT2D eigenvalue weighted by Crippen LogP contribution is -2.43. The van der Waals surface area contributed by atoms with Crippen molar-refractivity contribution in [2.75, 3.05) is 17.4 Å². The first-order valence-electron chi connectivity index (χ1n) is 6.09. The van der Waals surface area contributed by atoms with Gasteiger partial charge in [0, 0.05) is 13.1 Å². The molecule has 1 aliphatic rings. The van der Waals surface area contributed by atoms with Crippen molar-refractivity contribution in [3.05, 3.63) is 29.3 Å². The van der Waals surface area contributed by atoms with Crippen molar-refractivity contribution >= 4 is 21.9 Å². The summed E-state index contributed by atoms with van der Waals surface area (Å²) in [5.74, 6) is -1.01. The summed E-state index contributed by atoms with van der Waals surface area (Å²) in [4.78, 5) is 10.9. The molecular weight excluding hydrogens is 268 g/mol. The van der Waals surface area contributed by atoms with E-state index in [1.165, 1.54) is 10.4 Å². The van der Waals surface area contributed by atoms with Crippen molar-refractivity contribution < 1.29 is 18.3 Å². The molecule has 0 spiro atoms. The van der Waals surface area contributed by atoms with Gasteiger partial charge in [0.05, 0.1) is 11.3 Å². The summed E-state index contributed by atoms with van der Waals surface area (Å²) >= 11 is 0. The molecule has 2 N–H and O–H groups in total. The Bertz CT molecular complexity index is 598. The van der Waals surface area contributed by atoms with Gasteiger partial charge in [-0.05, 0) is 36.6 Å². The monoisotopic (exact) mass is 284 g/mol. The summed E-state index contributed by atoms with van der Waals surface area (Å²) in [5.41, 5.74) is 1.51. The number of carboxylic acids is 1. The maximum atomic E-state index is 12.1. The molecule has 0 bridgehead atoms. The number of rotatable bonds is 4. The van der Waals surface area contributed by atoms with E-state index in [0.29, 0.717) is 31.6 Å². The van der Waals surface area contributed by atoms with Crippen molar-refractivity contribution in [3.8, 4) is 0 Å². The maximum absolute atomic E-state index is 12.1. The Morgan fingerprint density at radius 1 is 1.47 bits per heavy atom. The van der Waals surface area contributed by atoms with Gasteiger partial charge in [0.2, 0.25) is 0 Å². The van der Waals surface area contributed by atoms with E-state index >= 15 is 0 Å². The fraction of sp³-hybridized carbons (Fsp3) is 0.417. The minimum absolute atomic E-state index is 0.182. The average molecular weight is 284 g/mol. The highest BCUT2D eigenvalue weighted by atomic mass is 32.2. The molecule has 1 aromatic rings. The molecule has 0 aliphatic carbocycles. The molecule has 19 heavy (non-hydrogen) atoms. The van der Waals surface area contributed by atoms with E-state index < -0.39 is 16.2 Å². The quantitative estimate of drug-likeness (QED) is 0.863. The molecule has 0 fully saturated rings. The lowest BCUT2D eigenvalue weighted by molar-refractivity contribution is 0.0697. The number of anilines is 1. The van der Waals surface area contributed by atoms with E-state index in [1.54, 1.807) is 19.1 Å². The van der Waals surface area contributed by atoms with Crippen molar-refractivity contribution in [2.45, 2.75) is 19.8 Å². The molecule has 0 unspecified atom stereocenters. The molecule has 1 aliphatic heterocycles. The lowest BCUT2D eigenvalue weighted by atomic mass is 10.0. The Hall–Kier alpha value is -1.60. The van der Waals surface area contributed by atoms with Gasteiger partial charge in [0.15, 0.2) is 0 Å². The second-order valence-corrected chi connectivity index (χ2v) is 6.01. The van der Waals surface area contributed by atoms with Crippen LogP contribution in [0.4, 0.5) is 5.69 Å². The van der Waals surface area contributed by atoms with Gasteiger partial charge in [-0.2, -0.15) is 13.1 Å². The first-order chi connectivity index (χ1) is 8.95. The van der Waals surface area contributed by atoms with E-state index in [-0.39, 0.29) is 5.56 Å². The second-order valence-electron chi connectivity index (χ2n) is 4.33. The van der Waals surface area contributed by atoms with Crippen molar-refractivity contribution in [2.24, 2.45) is 0 Å². The number of nitrogens with zero attached hydrogens (tertiary/aromatic N) is 1. The van der Waals surface area contributed by atoms with Gasteiger partial charge in [-0.1, -0.05) is 6.92 Å². The minimum atomic E-state index is -3.54. The Balaban J connectivity index is 2.43. The number of aromatic carboxylic acids is 1. The van der Waals surface area contributed by atoms with Gasteiger partial charge in [0.25, 0.3) is 0 Å². The van der Waals surface area contributed by atoms with Crippen LogP contribution in [-0.2, 0) is 16.6 Å². The van der Waals surface area contributed by atoms with Crippen LogP contribution in [0.3, 0.4) is 0 Å². The van der Waals surface area contributed by atoms with Crippen LogP contribution in [0.1, 0.15) is 29.3 Å². The fourth-order valence-electron chi connectivity index (χ4n) is 2.21. The summed E-state index contributed by atoms with van der Waals surface area (Å²) < 4.78 is 27.9. The third-order valence-corrected chi connectivity index (χ3v) is 4.63. The topological polar surface area (TPSA) is 86.7 Å².